The molecule has 4 aromatic rings. The summed E-state index contributed by atoms with van der Waals surface area (Å²) >= 11 is 0. The van der Waals surface area contributed by atoms with E-state index in [0.29, 0.717) is 46.3 Å². The number of carbonyl (C=O) groups is 2. The molecule has 0 aliphatic heterocycles. The van der Waals surface area contributed by atoms with E-state index in [1.165, 1.54) is 12.1 Å². The largest absolute Gasteiger partial charge is 0.465 e. The number of benzene rings is 2. The number of nitrogens with zero attached hydrogens (tertiary/aromatic N) is 1. The summed E-state index contributed by atoms with van der Waals surface area (Å²) in [6.07, 6.45) is -0.0349. The van der Waals surface area contributed by atoms with Crippen LogP contribution in [0, 0.1) is 0 Å². The molecule has 6 nitrogen and oxygen atoms in total. The third kappa shape index (κ3) is 4.59. The smallest absolute Gasteiger partial charge is 0.418 e. The highest BCUT2D eigenvalue weighted by Gasteiger charge is 2.34. The molecule has 0 bridgehead atoms. The van der Waals surface area contributed by atoms with Crippen LogP contribution in [0.25, 0.3) is 22.6 Å². The second kappa shape index (κ2) is 9.33. The average molecular weight is 492 g/mol. The number of ether oxygens (including phenoxy) is 1. The fourth-order valence-electron chi connectivity index (χ4n) is 4.29. The summed E-state index contributed by atoms with van der Waals surface area (Å²) in [5.41, 5.74) is 1.73. The number of fused-ring (bicyclic) bond motifs is 2. The summed E-state index contributed by atoms with van der Waals surface area (Å²) in [4.78, 5) is 30.3. The van der Waals surface area contributed by atoms with E-state index in [1.807, 2.05) is 12.1 Å². The van der Waals surface area contributed by atoms with Crippen molar-refractivity contribution in [2.75, 3.05) is 11.9 Å². The van der Waals surface area contributed by atoms with E-state index in [4.69, 9.17) is 14.1 Å². The fourth-order valence-corrected chi connectivity index (χ4v) is 4.29. The topological polar surface area (TPSA) is 81.4 Å². The van der Waals surface area contributed by atoms with E-state index in [0.717, 1.165) is 17.7 Å². The Kier molecular flexibility index (Phi) is 6.05. The van der Waals surface area contributed by atoms with Crippen molar-refractivity contribution in [1.29, 1.82) is 0 Å². The van der Waals surface area contributed by atoms with E-state index in [9.17, 15) is 22.8 Å². The number of amides is 1. The molecule has 0 radical (unpaired) electrons. The van der Waals surface area contributed by atoms with Gasteiger partial charge in [0.05, 0.1) is 34.3 Å². The predicted octanol–water partition coefficient (Wildman–Crippen LogP) is 6.13. The van der Waals surface area contributed by atoms with E-state index in [2.05, 4.69) is 5.32 Å². The summed E-state index contributed by atoms with van der Waals surface area (Å²) in [6, 6.07) is 15.3. The summed E-state index contributed by atoms with van der Waals surface area (Å²) in [6.45, 7) is -0.745. The van der Waals surface area contributed by atoms with Gasteiger partial charge in [0.15, 0.2) is 6.61 Å². The zero-order valence-electron chi connectivity index (χ0n) is 18.8. The molecule has 0 saturated heterocycles. The lowest BCUT2D eigenvalue weighted by atomic mass is 10.0. The number of allylic oxidation sites excluding steroid dienone is 1. The molecule has 0 unspecified atom stereocenters. The van der Waals surface area contributed by atoms with Crippen LogP contribution < -0.4 is 5.32 Å². The minimum Gasteiger partial charge on any atom is -0.465 e. The molecule has 2 heterocycles. The molecule has 5 rings (SSSR count). The number of hydrogen-bond acceptors (Lipinski definition) is 5. The number of esters is 1. The van der Waals surface area contributed by atoms with Crippen LogP contribution in [0.4, 0.5) is 18.9 Å². The molecule has 0 spiro atoms. The summed E-state index contributed by atoms with van der Waals surface area (Å²) in [5.74, 6) is -0.968. The maximum absolute atomic E-state index is 13.2. The maximum atomic E-state index is 13.2. The highest BCUT2D eigenvalue weighted by atomic mass is 19.4. The Labute approximate surface area is 203 Å². The number of furan rings is 1. The van der Waals surface area contributed by atoms with Crippen molar-refractivity contribution >= 4 is 40.1 Å². The van der Waals surface area contributed by atoms with Crippen molar-refractivity contribution in [1.82, 2.24) is 4.98 Å². The van der Waals surface area contributed by atoms with E-state index < -0.39 is 35.9 Å². The van der Waals surface area contributed by atoms with Crippen LogP contribution in [0.5, 0.6) is 0 Å². The molecule has 0 saturated carbocycles. The molecule has 36 heavy (non-hydrogen) atoms. The van der Waals surface area contributed by atoms with E-state index >= 15 is 0 Å². The van der Waals surface area contributed by atoms with Crippen molar-refractivity contribution in [2.24, 2.45) is 0 Å². The summed E-state index contributed by atoms with van der Waals surface area (Å²) in [5, 5.41) is 2.75. The van der Waals surface area contributed by atoms with Crippen molar-refractivity contribution in [2.45, 2.75) is 19.0 Å². The van der Waals surface area contributed by atoms with Crippen LogP contribution in [-0.4, -0.2) is 23.5 Å². The summed E-state index contributed by atoms with van der Waals surface area (Å²) < 4.78 is 50.3. The molecule has 2 aromatic carbocycles. The Morgan fingerprint density at radius 3 is 2.58 bits per heavy atom. The number of aromatic nitrogens is 1. The number of anilines is 1. The van der Waals surface area contributed by atoms with Crippen LogP contribution in [0.15, 0.2) is 71.3 Å². The molecule has 1 aliphatic rings. The first-order valence-corrected chi connectivity index (χ1v) is 11.1. The second-order valence-corrected chi connectivity index (χ2v) is 8.18. The van der Waals surface area contributed by atoms with Gasteiger partial charge in [-0.3, -0.25) is 4.79 Å². The predicted molar refractivity (Wildman–Crippen MR) is 127 cm³/mol. The maximum Gasteiger partial charge on any atom is 0.418 e. The Hall–Kier alpha value is -4.40. The molecule has 1 amide bonds. The van der Waals surface area contributed by atoms with Crippen LogP contribution >= 0.6 is 0 Å². The Morgan fingerprint density at radius 1 is 1.03 bits per heavy atom. The standard InChI is InChI=1S/C27H19F3N2O4/c28-27(29,30)20-8-2-4-10-22(20)31-23(33)15-36-26(34)24-18-7-1-3-9-21(18)32-25-16(11-12-19(24)25)14-17-6-5-13-35-17/h1-10,13-14H,11-12,15H2,(H,31,33)/b16-14+. The normalized spacial score (nSPS) is 14.1. The van der Waals surface area contributed by atoms with Crippen molar-refractivity contribution in [3.05, 3.63) is 95.1 Å². The third-order valence-corrected chi connectivity index (χ3v) is 5.85. The molecular formula is C27H19F3N2O4. The van der Waals surface area contributed by atoms with Crippen molar-refractivity contribution < 1.29 is 31.9 Å². The lowest BCUT2D eigenvalue weighted by molar-refractivity contribution is -0.137. The first-order valence-electron chi connectivity index (χ1n) is 11.1. The van der Waals surface area contributed by atoms with Gasteiger partial charge >= 0.3 is 12.1 Å². The van der Waals surface area contributed by atoms with Crippen LogP contribution in [0.1, 0.15) is 39.4 Å². The lowest BCUT2D eigenvalue weighted by Gasteiger charge is -2.14. The van der Waals surface area contributed by atoms with Crippen LogP contribution in [0.3, 0.4) is 0 Å². The molecule has 0 fully saturated rings. The Balaban J connectivity index is 1.41. The molecular weight excluding hydrogens is 473 g/mol. The van der Waals surface area contributed by atoms with Gasteiger partial charge in [0.25, 0.3) is 5.91 Å². The SMILES string of the molecule is O=C(COC(=O)c1c2c(nc3ccccc13)/C(=C/c1ccco1)CC2)Nc1ccccc1C(F)(F)F. The van der Waals surface area contributed by atoms with Gasteiger partial charge in [-0.2, -0.15) is 13.2 Å². The number of alkyl halides is 3. The van der Waals surface area contributed by atoms with Gasteiger partial charge in [-0.05, 0) is 60.4 Å². The molecule has 9 heteroatoms. The van der Waals surface area contributed by atoms with Gasteiger partial charge < -0.3 is 14.5 Å². The highest BCUT2D eigenvalue weighted by molar-refractivity contribution is 6.08. The second-order valence-electron chi connectivity index (χ2n) is 8.18. The first-order chi connectivity index (χ1) is 17.3. The monoisotopic (exact) mass is 492 g/mol. The molecule has 182 valence electrons. The first kappa shape index (κ1) is 23.3. The van der Waals surface area contributed by atoms with Gasteiger partial charge in [0.2, 0.25) is 0 Å². The van der Waals surface area contributed by atoms with Gasteiger partial charge in [0, 0.05) is 5.39 Å². The van der Waals surface area contributed by atoms with Crippen molar-refractivity contribution in [3.63, 3.8) is 0 Å². The third-order valence-electron chi connectivity index (χ3n) is 5.85. The van der Waals surface area contributed by atoms with Crippen molar-refractivity contribution in [3.8, 4) is 0 Å². The highest BCUT2D eigenvalue weighted by Crippen LogP contribution is 2.38. The van der Waals surface area contributed by atoms with E-state index in [-0.39, 0.29) is 0 Å². The lowest BCUT2D eigenvalue weighted by Crippen LogP contribution is -2.23. The number of halogens is 3. The molecule has 1 aliphatic carbocycles. The number of para-hydroxylation sites is 2. The number of carbonyl (C=O) groups excluding carboxylic acids is 2. The Morgan fingerprint density at radius 2 is 1.81 bits per heavy atom. The minimum absolute atomic E-state index is 0.293. The molecule has 2 aromatic heterocycles. The zero-order chi connectivity index (χ0) is 25.3. The van der Waals surface area contributed by atoms with Gasteiger partial charge in [0.1, 0.15) is 5.76 Å². The van der Waals surface area contributed by atoms with Crippen LogP contribution in [-0.2, 0) is 22.1 Å². The van der Waals surface area contributed by atoms with Gasteiger partial charge in [-0.15, -0.1) is 0 Å². The molecule has 1 N–H and O–H groups in total. The van der Waals surface area contributed by atoms with Gasteiger partial charge in [-0.25, -0.2) is 9.78 Å². The summed E-state index contributed by atoms with van der Waals surface area (Å²) in [7, 11) is 0. The molecule has 0 atom stereocenters. The zero-order valence-corrected chi connectivity index (χ0v) is 18.8. The van der Waals surface area contributed by atoms with Crippen LogP contribution in [0.2, 0.25) is 0 Å². The number of hydrogen-bond donors (Lipinski definition) is 1. The number of rotatable bonds is 5. The Bertz CT molecular complexity index is 1490. The quantitative estimate of drug-likeness (QED) is 0.339. The number of pyridine rings is 1. The van der Waals surface area contributed by atoms with E-state index in [1.54, 1.807) is 36.6 Å². The minimum atomic E-state index is -4.64. The van der Waals surface area contributed by atoms with Gasteiger partial charge in [-0.1, -0.05) is 30.3 Å². The average Bonchev–Trinajstić information content (AvgIpc) is 3.51. The number of nitrogens with one attached hydrogen (secondary N) is 1. The fraction of sp³-hybridized carbons (Fsp3) is 0.148.